The fraction of sp³-hybridized carbons (Fsp3) is 0.944. The first-order valence-corrected chi connectivity index (χ1v) is 10.1. The van der Waals surface area contributed by atoms with Gasteiger partial charge >= 0.3 is 14.0 Å². The average molecular weight is 315 g/mol. The molecule has 0 N–H and O–H groups in total. The van der Waals surface area contributed by atoms with Gasteiger partial charge in [0.1, 0.15) is 0 Å². The summed E-state index contributed by atoms with van der Waals surface area (Å²) < 4.78 is 10.3. The molecule has 1 unspecified atom stereocenters. The second kappa shape index (κ2) is 17.8. The molecule has 0 radical (unpaired) electrons. The lowest BCUT2D eigenvalue weighted by atomic mass is 10.0. The maximum Gasteiger partial charge on any atom is 0.401 e. The summed E-state index contributed by atoms with van der Waals surface area (Å²) in [6, 6.07) is 0. The van der Waals surface area contributed by atoms with Crippen LogP contribution in [0.25, 0.3) is 0 Å². The monoisotopic (exact) mass is 315 g/mol. The summed E-state index contributed by atoms with van der Waals surface area (Å²) in [6.07, 6.45) is 20.5. The Balaban J connectivity index is 2.99. The molecule has 0 aliphatic rings. The quantitative estimate of drug-likeness (QED) is 0.218. The van der Waals surface area contributed by atoms with Crippen molar-refractivity contribution in [3.05, 3.63) is 0 Å². The second-order valence-corrected chi connectivity index (χ2v) is 6.99. The van der Waals surface area contributed by atoms with Crippen molar-refractivity contribution in [2.24, 2.45) is 0 Å². The lowest BCUT2D eigenvalue weighted by Gasteiger charge is -2.02. The molecule has 1 atom stereocenters. The van der Waals surface area contributed by atoms with Crippen molar-refractivity contribution >= 4 is 14.0 Å². The molecule has 0 amide bonds. The minimum atomic E-state index is -0.746. The van der Waals surface area contributed by atoms with Crippen molar-refractivity contribution < 1.29 is 9.36 Å². The van der Waals surface area contributed by atoms with Crippen LogP contribution in [0.15, 0.2) is 0 Å². The molecule has 0 heterocycles. The first kappa shape index (κ1) is 20.8. The van der Waals surface area contributed by atoms with Crippen LogP contribution in [-0.2, 0) is 9.36 Å². The number of unbranched alkanes of at least 4 members (excludes halogenated alkanes) is 14. The van der Waals surface area contributed by atoms with Crippen LogP contribution in [0, 0.1) is 0 Å². The number of hydrogen-bond donors (Lipinski definition) is 0. The van der Waals surface area contributed by atoms with Gasteiger partial charge in [0.25, 0.3) is 0 Å². The van der Waals surface area contributed by atoms with E-state index >= 15 is 0 Å². The lowest BCUT2D eigenvalue weighted by Crippen LogP contribution is -1.87. The summed E-state index contributed by atoms with van der Waals surface area (Å²) in [5.41, 5.74) is -0.0929. The van der Waals surface area contributed by atoms with Gasteiger partial charge in [0.15, 0.2) is 0 Å². The Morgan fingerprint density at radius 2 is 0.952 bits per heavy atom. The molecule has 0 fully saturated rings. The van der Waals surface area contributed by atoms with Crippen molar-refractivity contribution in [3.63, 3.8) is 0 Å². The van der Waals surface area contributed by atoms with Crippen molar-refractivity contribution in [2.75, 3.05) is 0 Å². The first-order valence-electron chi connectivity index (χ1n) is 9.22. The van der Waals surface area contributed by atoms with E-state index in [2.05, 4.69) is 6.92 Å². The summed E-state index contributed by atoms with van der Waals surface area (Å²) in [5, 5.41) is 0. The van der Waals surface area contributed by atoms with Crippen LogP contribution >= 0.6 is 8.46 Å². The fourth-order valence-electron chi connectivity index (χ4n) is 2.71. The van der Waals surface area contributed by atoms with Crippen LogP contribution in [0.2, 0.25) is 0 Å². The van der Waals surface area contributed by atoms with Gasteiger partial charge in [0, 0.05) is 0 Å². The maximum atomic E-state index is 10.8. The Kier molecular flexibility index (Phi) is 17.6. The summed E-state index contributed by atoms with van der Waals surface area (Å²) in [5.74, 6) is 0. The molecule has 0 aliphatic carbocycles. The van der Waals surface area contributed by atoms with Crippen LogP contribution in [0.4, 0.5) is 0 Å². The van der Waals surface area contributed by atoms with Gasteiger partial charge in [-0.25, -0.2) is 4.79 Å². The topological polar surface area (TPSA) is 34.1 Å². The molecule has 0 spiro atoms. The molecule has 21 heavy (non-hydrogen) atoms. The van der Waals surface area contributed by atoms with Crippen molar-refractivity contribution in [3.8, 4) is 0 Å². The van der Waals surface area contributed by atoms with Gasteiger partial charge in [-0.15, -0.1) is 0 Å². The van der Waals surface area contributed by atoms with E-state index in [0.29, 0.717) is 6.42 Å². The minimum Gasteiger partial charge on any atom is -0.240 e. The lowest BCUT2D eigenvalue weighted by molar-refractivity contribution is -0.111. The van der Waals surface area contributed by atoms with E-state index < -0.39 is 8.46 Å². The van der Waals surface area contributed by atoms with Gasteiger partial charge < -0.3 is 0 Å². The predicted molar refractivity (Wildman–Crippen MR) is 93.6 cm³/mol. The Morgan fingerprint density at radius 3 is 1.29 bits per heavy atom. The molecule has 0 saturated carbocycles. The first-order chi connectivity index (χ1) is 10.3. The van der Waals surface area contributed by atoms with Crippen LogP contribution in [0.5, 0.6) is 0 Å². The highest BCUT2D eigenvalue weighted by molar-refractivity contribution is 7.46. The largest absolute Gasteiger partial charge is 0.401 e. The zero-order valence-electron chi connectivity index (χ0n) is 14.1. The number of hydrogen-bond acceptors (Lipinski definition) is 2. The van der Waals surface area contributed by atoms with Crippen LogP contribution in [0.1, 0.15) is 110 Å². The normalized spacial score (nSPS) is 11.1. The molecule has 3 heteroatoms. The molecular weight excluding hydrogens is 279 g/mol. The molecule has 0 aromatic heterocycles. The Labute approximate surface area is 133 Å². The van der Waals surface area contributed by atoms with Gasteiger partial charge in [-0.1, -0.05) is 101 Å². The molecule has 0 aromatic carbocycles. The molecule has 0 bridgehead atoms. The van der Waals surface area contributed by atoms with E-state index in [1.54, 1.807) is 0 Å². The van der Waals surface area contributed by atoms with Crippen LogP contribution < -0.4 is 0 Å². The molecule has 0 rings (SSSR count). The smallest absolute Gasteiger partial charge is 0.240 e. The van der Waals surface area contributed by atoms with E-state index in [9.17, 15) is 9.36 Å². The highest BCUT2D eigenvalue weighted by Crippen LogP contribution is 2.14. The SMILES string of the molecule is CCCCCCCCCCCCCCCCCC(=O)[PH+]=O. The Morgan fingerprint density at radius 1 is 0.619 bits per heavy atom. The molecule has 2 nitrogen and oxygen atoms in total. The molecule has 0 aliphatic heterocycles. The third-order valence-corrected chi connectivity index (χ3v) is 4.60. The van der Waals surface area contributed by atoms with Gasteiger partial charge in [0.2, 0.25) is 0 Å². The zero-order valence-corrected chi connectivity index (χ0v) is 15.1. The second-order valence-electron chi connectivity index (χ2n) is 6.22. The van der Waals surface area contributed by atoms with Crippen molar-refractivity contribution in [2.45, 2.75) is 110 Å². The van der Waals surface area contributed by atoms with Crippen LogP contribution in [-0.4, -0.2) is 5.52 Å². The van der Waals surface area contributed by atoms with E-state index in [1.165, 1.54) is 83.5 Å². The van der Waals surface area contributed by atoms with Gasteiger partial charge in [-0.05, 0) is 6.42 Å². The number of carbonyl (C=O) groups is 1. The summed E-state index contributed by atoms with van der Waals surface area (Å²) in [4.78, 5) is 10.8. The standard InChI is InChI=1S/C18H35O2P/c1-2-3-4-5-6-7-8-9-10-11-12-13-14-15-16-17-18(19)21-20/h2-17H2,1H3/p+1. The van der Waals surface area contributed by atoms with Crippen molar-refractivity contribution in [1.82, 2.24) is 0 Å². The summed E-state index contributed by atoms with van der Waals surface area (Å²) >= 11 is 0. The van der Waals surface area contributed by atoms with Gasteiger partial charge in [-0.2, -0.15) is 0 Å². The molecule has 124 valence electrons. The third kappa shape index (κ3) is 17.7. The van der Waals surface area contributed by atoms with E-state index in [-0.39, 0.29) is 5.52 Å². The van der Waals surface area contributed by atoms with E-state index in [4.69, 9.17) is 0 Å². The van der Waals surface area contributed by atoms with Gasteiger partial charge in [-0.3, -0.25) is 0 Å². The highest BCUT2D eigenvalue weighted by atomic mass is 31.1. The maximum absolute atomic E-state index is 10.8. The zero-order chi connectivity index (χ0) is 15.6. The summed E-state index contributed by atoms with van der Waals surface area (Å²) in [6.45, 7) is 2.27. The minimum absolute atomic E-state index is 0.0929. The van der Waals surface area contributed by atoms with Crippen molar-refractivity contribution in [1.29, 1.82) is 0 Å². The molecule has 0 aromatic rings. The summed E-state index contributed by atoms with van der Waals surface area (Å²) in [7, 11) is -0.746. The number of carbonyl (C=O) groups excluding carboxylic acids is 1. The van der Waals surface area contributed by atoms with Gasteiger partial charge in [0.05, 0.1) is 6.42 Å². The fourth-order valence-corrected chi connectivity index (χ4v) is 2.99. The van der Waals surface area contributed by atoms with E-state index in [1.807, 2.05) is 0 Å². The van der Waals surface area contributed by atoms with Crippen LogP contribution in [0.3, 0.4) is 0 Å². The third-order valence-electron chi connectivity index (χ3n) is 4.12. The molecular formula is C18H36O2P+. The average Bonchev–Trinajstić information content (AvgIpc) is 2.50. The Hall–Kier alpha value is -0.230. The van der Waals surface area contributed by atoms with E-state index in [0.717, 1.165) is 12.8 Å². The number of rotatable bonds is 17. The Bertz CT molecular complexity index is 241. The molecule has 0 saturated heterocycles. The predicted octanol–water partition coefficient (Wildman–Crippen LogP) is 6.80. The highest BCUT2D eigenvalue weighted by Gasteiger charge is 2.07.